The fourth-order valence-electron chi connectivity index (χ4n) is 0.466. The van der Waals surface area contributed by atoms with Gasteiger partial charge in [0, 0.05) is 12.8 Å². The van der Waals surface area contributed by atoms with Crippen molar-refractivity contribution in [2.24, 2.45) is 16.2 Å². The molecule has 0 aliphatic carbocycles. The first-order chi connectivity index (χ1) is 6.47. The SMILES string of the molecule is CC(=O)C(=O)C(C)C.ON=CC=NO. The van der Waals surface area contributed by atoms with Crippen molar-refractivity contribution in [3.63, 3.8) is 0 Å². The molecule has 0 unspecified atom stereocenters. The number of ketones is 2. The van der Waals surface area contributed by atoms with Crippen molar-refractivity contribution in [3.8, 4) is 0 Å². The highest BCUT2D eigenvalue weighted by Crippen LogP contribution is 1.93. The van der Waals surface area contributed by atoms with Crippen LogP contribution in [0.2, 0.25) is 0 Å². The fraction of sp³-hybridized carbons (Fsp3) is 0.500. The molecule has 6 nitrogen and oxygen atoms in total. The van der Waals surface area contributed by atoms with Crippen molar-refractivity contribution < 1.29 is 20.0 Å². The van der Waals surface area contributed by atoms with Crippen LogP contribution in [-0.4, -0.2) is 34.4 Å². The van der Waals surface area contributed by atoms with E-state index in [-0.39, 0.29) is 17.5 Å². The first-order valence-corrected chi connectivity index (χ1v) is 3.85. The summed E-state index contributed by atoms with van der Waals surface area (Å²) in [6.07, 6.45) is 1.89. The number of Topliss-reactive ketones (excluding diaryl/α,β-unsaturated/α-hetero) is 2. The van der Waals surface area contributed by atoms with Crippen LogP contribution in [-0.2, 0) is 9.59 Å². The summed E-state index contributed by atoms with van der Waals surface area (Å²) in [5, 5.41) is 20.1. The predicted molar refractivity (Wildman–Crippen MR) is 51.1 cm³/mol. The van der Waals surface area contributed by atoms with Gasteiger partial charge in [-0.25, -0.2) is 0 Å². The lowest BCUT2D eigenvalue weighted by Gasteiger charge is -1.95. The van der Waals surface area contributed by atoms with Crippen molar-refractivity contribution in [1.29, 1.82) is 0 Å². The fourth-order valence-corrected chi connectivity index (χ4v) is 0.466. The largest absolute Gasteiger partial charge is 0.411 e. The summed E-state index contributed by atoms with van der Waals surface area (Å²) in [4.78, 5) is 20.7. The molecule has 0 aliphatic rings. The highest BCUT2D eigenvalue weighted by molar-refractivity contribution is 6.36. The molecule has 14 heavy (non-hydrogen) atoms. The second kappa shape index (κ2) is 9.37. The van der Waals surface area contributed by atoms with Crippen molar-refractivity contribution >= 4 is 24.0 Å². The number of hydrogen-bond donors (Lipinski definition) is 2. The summed E-state index contributed by atoms with van der Waals surface area (Å²) in [7, 11) is 0. The standard InChI is InChI=1S/C6H10O2.C2H4N2O2/c1-4(2)6(8)5(3)7;5-3-1-2-4-6/h4H,1-3H3;1-2,5-6H. The van der Waals surface area contributed by atoms with Crippen molar-refractivity contribution in [1.82, 2.24) is 0 Å². The third-order valence-electron chi connectivity index (χ3n) is 1.07. The minimum absolute atomic E-state index is 0.146. The average Bonchev–Trinajstić information content (AvgIpc) is 2.14. The van der Waals surface area contributed by atoms with Crippen LogP contribution in [0.3, 0.4) is 0 Å². The van der Waals surface area contributed by atoms with Crippen LogP contribution in [0.1, 0.15) is 20.8 Å². The molecule has 2 N–H and O–H groups in total. The van der Waals surface area contributed by atoms with E-state index in [1.165, 1.54) is 6.92 Å². The van der Waals surface area contributed by atoms with Gasteiger partial charge in [-0.05, 0) is 0 Å². The molecule has 0 saturated heterocycles. The zero-order valence-corrected chi connectivity index (χ0v) is 8.34. The summed E-state index contributed by atoms with van der Waals surface area (Å²) < 4.78 is 0. The summed E-state index contributed by atoms with van der Waals surface area (Å²) in [5.41, 5.74) is 0. The van der Waals surface area contributed by atoms with Gasteiger partial charge in [0.1, 0.15) is 0 Å². The highest BCUT2D eigenvalue weighted by atomic mass is 16.4. The number of carbonyl (C=O) groups is 2. The summed E-state index contributed by atoms with van der Waals surface area (Å²) in [5.74, 6) is -0.780. The maximum absolute atomic E-state index is 10.5. The Kier molecular flexibility index (Phi) is 9.89. The van der Waals surface area contributed by atoms with Crippen LogP contribution < -0.4 is 0 Å². The van der Waals surface area contributed by atoms with Crippen molar-refractivity contribution in [2.45, 2.75) is 20.8 Å². The lowest BCUT2D eigenvalue weighted by Crippen LogP contribution is -2.15. The Morgan fingerprint density at radius 2 is 1.50 bits per heavy atom. The molecular formula is C8H14N2O4. The molecule has 0 aromatic carbocycles. The quantitative estimate of drug-likeness (QED) is 0.304. The van der Waals surface area contributed by atoms with E-state index >= 15 is 0 Å². The third-order valence-corrected chi connectivity index (χ3v) is 1.07. The maximum atomic E-state index is 10.5. The molecule has 0 rings (SSSR count). The minimum atomic E-state index is -0.347. The Labute approximate surface area is 81.9 Å². The van der Waals surface area contributed by atoms with E-state index in [1.807, 2.05) is 0 Å². The monoisotopic (exact) mass is 202 g/mol. The van der Waals surface area contributed by atoms with Gasteiger partial charge in [-0.15, -0.1) is 0 Å². The molecule has 0 amide bonds. The number of hydrogen-bond acceptors (Lipinski definition) is 6. The van der Waals surface area contributed by atoms with Crippen LogP contribution >= 0.6 is 0 Å². The summed E-state index contributed by atoms with van der Waals surface area (Å²) >= 11 is 0. The topological polar surface area (TPSA) is 99.3 Å². The van der Waals surface area contributed by atoms with E-state index in [2.05, 4.69) is 10.3 Å². The van der Waals surface area contributed by atoms with Gasteiger partial charge in [-0.1, -0.05) is 24.2 Å². The van der Waals surface area contributed by atoms with E-state index in [0.717, 1.165) is 12.4 Å². The molecule has 80 valence electrons. The number of oxime groups is 2. The third kappa shape index (κ3) is 10.3. The highest BCUT2D eigenvalue weighted by Gasteiger charge is 2.10. The normalized spacial score (nSPS) is 10.3. The predicted octanol–water partition coefficient (Wildman–Crippen LogP) is 0.707. The van der Waals surface area contributed by atoms with Crippen LogP contribution in [0, 0.1) is 5.92 Å². The first-order valence-electron chi connectivity index (χ1n) is 3.85. The molecule has 0 spiro atoms. The second-order valence-electron chi connectivity index (χ2n) is 2.60. The van der Waals surface area contributed by atoms with Crippen LogP contribution in [0.15, 0.2) is 10.3 Å². The number of rotatable bonds is 3. The van der Waals surface area contributed by atoms with Crippen molar-refractivity contribution in [3.05, 3.63) is 0 Å². The Balaban J connectivity index is 0. The number of carbonyl (C=O) groups excluding carboxylic acids is 2. The first kappa shape index (κ1) is 14.8. The molecule has 0 bridgehead atoms. The Morgan fingerprint density at radius 1 is 1.14 bits per heavy atom. The Hall–Kier alpha value is -1.72. The minimum Gasteiger partial charge on any atom is -0.411 e. The molecule has 0 heterocycles. The van der Waals surface area contributed by atoms with Gasteiger partial charge in [0.05, 0.1) is 12.4 Å². The lowest BCUT2D eigenvalue weighted by molar-refractivity contribution is -0.137. The molecular weight excluding hydrogens is 188 g/mol. The van der Waals surface area contributed by atoms with Crippen LogP contribution in [0.4, 0.5) is 0 Å². The Bertz CT molecular complexity index is 223. The molecule has 0 aliphatic heterocycles. The lowest BCUT2D eigenvalue weighted by atomic mass is 10.1. The van der Waals surface area contributed by atoms with Gasteiger partial charge in [0.2, 0.25) is 5.78 Å². The van der Waals surface area contributed by atoms with Gasteiger partial charge in [-0.2, -0.15) is 0 Å². The van der Waals surface area contributed by atoms with E-state index in [0.29, 0.717) is 0 Å². The molecule has 6 heteroatoms. The Morgan fingerprint density at radius 3 is 1.57 bits per heavy atom. The van der Waals surface area contributed by atoms with E-state index in [1.54, 1.807) is 13.8 Å². The average molecular weight is 202 g/mol. The molecule has 0 aromatic heterocycles. The van der Waals surface area contributed by atoms with Crippen LogP contribution in [0.25, 0.3) is 0 Å². The molecule has 0 fully saturated rings. The molecule has 0 saturated carbocycles. The van der Waals surface area contributed by atoms with E-state index < -0.39 is 0 Å². The summed E-state index contributed by atoms with van der Waals surface area (Å²) in [6.45, 7) is 4.72. The van der Waals surface area contributed by atoms with E-state index in [4.69, 9.17) is 10.4 Å². The number of nitrogens with zero attached hydrogens (tertiary/aromatic N) is 2. The zero-order valence-electron chi connectivity index (χ0n) is 8.34. The van der Waals surface area contributed by atoms with Crippen LogP contribution in [0.5, 0.6) is 0 Å². The summed E-state index contributed by atoms with van der Waals surface area (Å²) in [6, 6.07) is 0. The van der Waals surface area contributed by atoms with Crippen molar-refractivity contribution in [2.75, 3.05) is 0 Å². The van der Waals surface area contributed by atoms with Gasteiger partial charge >= 0.3 is 0 Å². The van der Waals surface area contributed by atoms with E-state index in [9.17, 15) is 9.59 Å². The van der Waals surface area contributed by atoms with Gasteiger partial charge in [0.15, 0.2) is 5.78 Å². The van der Waals surface area contributed by atoms with Gasteiger partial charge in [0.25, 0.3) is 0 Å². The maximum Gasteiger partial charge on any atom is 0.200 e. The molecule has 0 aromatic rings. The second-order valence-corrected chi connectivity index (χ2v) is 2.60. The van der Waals surface area contributed by atoms with Gasteiger partial charge in [-0.3, -0.25) is 9.59 Å². The zero-order chi connectivity index (χ0) is 11.6. The smallest absolute Gasteiger partial charge is 0.200 e. The molecule has 0 radical (unpaired) electrons. The molecule has 0 atom stereocenters. The van der Waals surface area contributed by atoms with Gasteiger partial charge < -0.3 is 10.4 Å².